The molecule has 0 atom stereocenters. The van der Waals surface area contributed by atoms with Crippen LogP contribution in [-0.4, -0.2) is 12.4 Å². The highest BCUT2D eigenvalue weighted by atomic mass is 35.5. The molecule has 0 heterocycles. The van der Waals surface area contributed by atoms with Crippen LogP contribution in [0, 0.1) is 5.92 Å². The summed E-state index contributed by atoms with van der Waals surface area (Å²) in [6, 6.07) is 7.68. The summed E-state index contributed by atoms with van der Waals surface area (Å²) in [6.45, 7) is 5.04. The first-order chi connectivity index (χ1) is 7.08. The molecule has 0 fully saturated rings. The summed E-state index contributed by atoms with van der Waals surface area (Å²) >= 11 is 5.79. The molecule has 1 rings (SSSR count). The molecule has 15 heavy (non-hydrogen) atoms. The molecule has 1 aromatic rings. The highest BCUT2D eigenvalue weighted by Crippen LogP contribution is 2.09. The van der Waals surface area contributed by atoms with Crippen LogP contribution >= 0.6 is 11.6 Å². The predicted molar refractivity (Wildman–Crippen MR) is 66.5 cm³/mol. The third kappa shape index (κ3) is 4.84. The fraction of sp³-hybridized carbons (Fsp3) is 0.417. The Kier molecular flexibility index (Phi) is 4.63. The number of benzene rings is 1. The minimum atomic E-state index is 0.550. The molecule has 0 radical (unpaired) electrons. The van der Waals surface area contributed by atoms with E-state index in [1.54, 1.807) is 0 Å². The van der Waals surface area contributed by atoms with Gasteiger partial charge in [0.1, 0.15) is 0 Å². The van der Waals surface area contributed by atoms with E-state index in [2.05, 4.69) is 18.8 Å². The van der Waals surface area contributed by atoms with E-state index in [-0.39, 0.29) is 0 Å². The molecule has 0 unspecified atom stereocenters. The van der Waals surface area contributed by atoms with Crippen molar-refractivity contribution in [1.82, 2.24) is 0 Å². The van der Waals surface area contributed by atoms with Gasteiger partial charge >= 0.3 is 0 Å². The number of nitrogens with zero attached hydrogens (tertiary/aromatic N) is 1. The molecular formula is C12H17ClN2. The van der Waals surface area contributed by atoms with E-state index >= 15 is 0 Å². The highest BCUT2D eigenvalue weighted by Gasteiger charge is 1.97. The fourth-order valence-corrected chi connectivity index (χ4v) is 1.29. The molecule has 0 bridgehead atoms. The van der Waals surface area contributed by atoms with Gasteiger partial charge in [-0.2, -0.15) is 0 Å². The molecule has 0 aliphatic carbocycles. The Morgan fingerprint density at radius 1 is 1.33 bits per heavy atom. The highest BCUT2D eigenvalue weighted by molar-refractivity contribution is 6.30. The van der Waals surface area contributed by atoms with Crippen molar-refractivity contribution in [3.8, 4) is 0 Å². The van der Waals surface area contributed by atoms with E-state index in [0.717, 1.165) is 17.1 Å². The molecule has 0 aromatic heterocycles. The summed E-state index contributed by atoms with van der Waals surface area (Å²) in [6.07, 6.45) is 0.698. The Labute approximate surface area is 96.2 Å². The number of nitrogens with two attached hydrogens (primary N) is 1. The molecule has 0 saturated carbocycles. The first-order valence-electron chi connectivity index (χ1n) is 5.11. The van der Waals surface area contributed by atoms with Crippen LogP contribution < -0.4 is 5.73 Å². The quantitative estimate of drug-likeness (QED) is 0.620. The van der Waals surface area contributed by atoms with Crippen LogP contribution in [0.5, 0.6) is 0 Å². The third-order valence-electron chi connectivity index (χ3n) is 1.96. The number of hydrogen-bond acceptors (Lipinski definition) is 1. The Balaban J connectivity index is 2.54. The molecule has 0 amide bonds. The van der Waals surface area contributed by atoms with Crippen molar-refractivity contribution in [1.29, 1.82) is 0 Å². The van der Waals surface area contributed by atoms with E-state index < -0.39 is 0 Å². The SMILES string of the molecule is CC(C)CN=C(N)Cc1ccc(Cl)cc1. The average molecular weight is 225 g/mol. The van der Waals surface area contributed by atoms with E-state index in [9.17, 15) is 0 Å². The zero-order valence-electron chi connectivity index (χ0n) is 9.20. The lowest BCUT2D eigenvalue weighted by atomic mass is 10.1. The van der Waals surface area contributed by atoms with E-state index in [4.69, 9.17) is 17.3 Å². The standard InChI is InChI=1S/C12H17ClN2/c1-9(2)8-15-12(14)7-10-3-5-11(13)6-4-10/h3-6,9H,7-8H2,1-2H3,(H2,14,15). The number of hydrogen-bond donors (Lipinski definition) is 1. The summed E-state index contributed by atoms with van der Waals surface area (Å²) in [4.78, 5) is 4.30. The molecule has 0 saturated heterocycles. The second kappa shape index (κ2) is 5.76. The topological polar surface area (TPSA) is 38.4 Å². The average Bonchev–Trinajstić information content (AvgIpc) is 2.19. The van der Waals surface area contributed by atoms with Gasteiger partial charge in [0, 0.05) is 18.0 Å². The van der Waals surface area contributed by atoms with Crippen LogP contribution in [0.25, 0.3) is 0 Å². The van der Waals surface area contributed by atoms with Crippen LogP contribution in [0.2, 0.25) is 5.02 Å². The Morgan fingerprint density at radius 2 is 1.93 bits per heavy atom. The van der Waals surface area contributed by atoms with Crippen LogP contribution in [0.3, 0.4) is 0 Å². The monoisotopic (exact) mass is 224 g/mol. The van der Waals surface area contributed by atoms with Crippen molar-refractivity contribution < 1.29 is 0 Å². The second-order valence-electron chi connectivity index (χ2n) is 4.03. The van der Waals surface area contributed by atoms with Gasteiger partial charge in [0.05, 0.1) is 5.84 Å². The molecular weight excluding hydrogens is 208 g/mol. The maximum atomic E-state index is 5.81. The Hall–Kier alpha value is -1.02. The van der Waals surface area contributed by atoms with Gasteiger partial charge in [0.15, 0.2) is 0 Å². The fourth-order valence-electron chi connectivity index (χ4n) is 1.17. The maximum Gasteiger partial charge on any atom is 0.0981 e. The van der Waals surface area contributed by atoms with Crippen molar-refractivity contribution >= 4 is 17.4 Å². The maximum absolute atomic E-state index is 5.81. The lowest BCUT2D eigenvalue weighted by Gasteiger charge is -2.03. The van der Waals surface area contributed by atoms with Gasteiger partial charge in [-0.15, -0.1) is 0 Å². The van der Waals surface area contributed by atoms with Crippen LogP contribution in [-0.2, 0) is 6.42 Å². The van der Waals surface area contributed by atoms with Crippen LogP contribution in [0.15, 0.2) is 29.3 Å². The Morgan fingerprint density at radius 3 is 2.47 bits per heavy atom. The first kappa shape index (κ1) is 12.1. The number of halogens is 1. The molecule has 2 N–H and O–H groups in total. The zero-order chi connectivity index (χ0) is 11.3. The lowest BCUT2D eigenvalue weighted by molar-refractivity contribution is 0.664. The molecule has 2 nitrogen and oxygen atoms in total. The van der Waals surface area contributed by atoms with E-state index in [1.165, 1.54) is 0 Å². The summed E-state index contributed by atoms with van der Waals surface area (Å²) in [5.74, 6) is 1.24. The summed E-state index contributed by atoms with van der Waals surface area (Å²) in [5.41, 5.74) is 6.95. The minimum Gasteiger partial charge on any atom is -0.387 e. The normalized spacial score (nSPS) is 12.1. The first-order valence-corrected chi connectivity index (χ1v) is 5.49. The molecule has 0 aliphatic rings. The smallest absolute Gasteiger partial charge is 0.0981 e. The predicted octanol–water partition coefficient (Wildman–Crippen LogP) is 2.90. The molecule has 1 aromatic carbocycles. The summed E-state index contributed by atoms with van der Waals surface area (Å²) < 4.78 is 0. The van der Waals surface area contributed by atoms with Gasteiger partial charge in [0.25, 0.3) is 0 Å². The minimum absolute atomic E-state index is 0.550. The van der Waals surface area contributed by atoms with Gasteiger partial charge in [0.2, 0.25) is 0 Å². The van der Waals surface area contributed by atoms with Gasteiger partial charge in [-0.1, -0.05) is 37.6 Å². The van der Waals surface area contributed by atoms with Gasteiger partial charge in [-0.25, -0.2) is 0 Å². The van der Waals surface area contributed by atoms with E-state index in [0.29, 0.717) is 18.2 Å². The van der Waals surface area contributed by atoms with Crippen molar-refractivity contribution in [2.75, 3.05) is 6.54 Å². The number of amidine groups is 1. The van der Waals surface area contributed by atoms with Crippen molar-refractivity contribution in [2.24, 2.45) is 16.6 Å². The summed E-state index contributed by atoms with van der Waals surface area (Å²) in [5, 5.41) is 0.747. The number of aliphatic imine (C=N–C) groups is 1. The third-order valence-corrected chi connectivity index (χ3v) is 2.21. The van der Waals surface area contributed by atoms with Gasteiger partial charge < -0.3 is 5.73 Å². The molecule has 82 valence electrons. The van der Waals surface area contributed by atoms with Gasteiger partial charge in [-0.3, -0.25) is 4.99 Å². The van der Waals surface area contributed by atoms with Gasteiger partial charge in [-0.05, 0) is 23.6 Å². The van der Waals surface area contributed by atoms with Crippen molar-refractivity contribution in [3.05, 3.63) is 34.9 Å². The summed E-state index contributed by atoms with van der Waals surface area (Å²) in [7, 11) is 0. The second-order valence-corrected chi connectivity index (χ2v) is 4.47. The molecule has 0 aliphatic heterocycles. The Bertz CT molecular complexity index is 328. The van der Waals surface area contributed by atoms with Crippen LogP contribution in [0.4, 0.5) is 0 Å². The molecule has 0 spiro atoms. The lowest BCUT2D eigenvalue weighted by Crippen LogP contribution is -2.16. The van der Waals surface area contributed by atoms with Crippen LogP contribution in [0.1, 0.15) is 19.4 Å². The zero-order valence-corrected chi connectivity index (χ0v) is 9.96. The largest absolute Gasteiger partial charge is 0.387 e. The van der Waals surface area contributed by atoms with E-state index in [1.807, 2.05) is 24.3 Å². The number of rotatable bonds is 4. The van der Waals surface area contributed by atoms with Crippen molar-refractivity contribution in [2.45, 2.75) is 20.3 Å². The van der Waals surface area contributed by atoms with Crippen molar-refractivity contribution in [3.63, 3.8) is 0 Å². The molecule has 3 heteroatoms.